The number of carboxylic acid groups (broad SMARTS) is 1. The number of carbonyl (C=O) groups is 2. The van der Waals surface area contributed by atoms with Gasteiger partial charge in [0.2, 0.25) is 0 Å². The summed E-state index contributed by atoms with van der Waals surface area (Å²) in [5, 5.41) is 13.6. The van der Waals surface area contributed by atoms with Gasteiger partial charge in [-0.1, -0.05) is 48.0 Å². The van der Waals surface area contributed by atoms with Gasteiger partial charge in [0.25, 0.3) is 0 Å². The summed E-state index contributed by atoms with van der Waals surface area (Å²) in [4.78, 5) is 27.0. The molecule has 3 rings (SSSR count). The molecule has 1 aromatic heterocycles. The Kier molecular flexibility index (Phi) is 5.49. The number of ketones is 1. The van der Waals surface area contributed by atoms with E-state index in [4.69, 9.17) is 0 Å². The first-order valence-electron chi connectivity index (χ1n) is 8.65. The van der Waals surface area contributed by atoms with E-state index >= 15 is 0 Å². The van der Waals surface area contributed by atoms with Crippen LogP contribution in [0.1, 0.15) is 27.9 Å². The fourth-order valence-corrected chi connectivity index (χ4v) is 3.01. The molecule has 1 atom stereocenters. The van der Waals surface area contributed by atoms with E-state index in [2.05, 4.69) is 10.3 Å². The molecule has 134 valence electrons. The van der Waals surface area contributed by atoms with Crippen molar-refractivity contribution < 1.29 is 14.7 Å². The standard InChI is InChI=1S/C21H22N2O3/c1-14-6-8-15(9-7-14)20(24)12-19(21(25)26)22-11-10-16-13-23-18-5-3-2-4-17(16)18/h2-9,13,19,22-23H,10-12H2,1H3,(H,25,26)/t19-/m0/s1. The van der Waals surface area contributed by atoms with Gasteiger partial charge in [0, 0.05) is 35.6 Å². The van der Waals surface area contributed by atoms with Gasteiger partial charge in [0.15, 0.2) is 5.78 Å². The van der Waals surface area contributed by atoms with Crippen molar-refractivity contribution in [2.75, 3.05) is 6.54 Å². The fourth-order valence-electron chi connectivity index (χ4n) is 3.01. The first-order valence-corrected chi connectivity index (χ1v) is 8.65. The number of carbonyl (C=O) groups excluding carboxylic acids is 1. The Hall–Kier alpha value is -2.92. The van der Waals surface area contributed by atoms with E-state index in [0.717, 1.165) is 22.0 Å². The molecule has 0 aliphatic heterocycles. The predicted molar refractivity (Wildman–Crippen MR) is 102 cm³/mol. The van der Waals surface area contributed by atoms with E-state index in [9.17, 15) is 14.7 Å². The number of Topliss-reactive ketones (excluding diaryl/α,β-unsaturated/α-hetero) is 1. The molecular weight excluding hydrogens is 328 g/mol. The van der Waals surface area contributed by atoms with Gasteiger partial charge in [-0.2, -0.15) is 0 Å². The quantitative estimate of drug-likeness (QED) is 0.544. The molecule has 0 radical (unpaired) electrons. The zero-order valence-electron chi connectivity index (χ0n) is 14.7. The van der Waals surface area contributed by atoms with Gasteiger partial charge in [-0.25, -0.2) is 0 Å². The lowest BCUT2D eigenvalue weighted by atomic mass is 10.0. The molecule has 0 aliphatic rings. The highest BCUT2D eigenvalue weighted by atomic mass is 16.4. The Labute approximate surface area is 152 Å². The normalized spacial score (nSPS) is 12.2. The monoisotopic (exact) mass is 350 g/mol. The van der Waals surface area contributed by atoms with Gasteiger partial charge >= 0.3 is 5.97 Å². The number of aromatic amines is 1. The van der Waals surface area contributed by atoms with Crippen LogP contribution in [0, 0.1) is 6.92 Å². The van der Waals surface area contributed by atoms with Crippen LogP contribution in [0.3, 0.4) is 0 Å². The maximum Gasteiger partial charge on any atom is 0.321 e. The smallest absolute Gasteiger partial charge is 0.321 e. The Morgan fingerprint density at radius 2 is 1.85 bits per heavy atom. The summed E-state index contributed by atoms with van der Waals surface area (Å²) in [5.74, 6) is -1.18. The van der Waals surface area contributed by atoms with Crippen molar-refractivity contribution >= 4 is 22.7 Å². The molecular formula is C21H22N2O3. The van der Waals surface area contributed by atoms with Gasteiger partial charge in [0.05, 0.1) is 0 Å². The fraction of sp³-hybridized carbons (Fsp3) is 0.238. The van der Waals surface area contributed by atoms with Crippen molar-refractivity contribution in [1.29, 1.82) is 0 Å². The summed E-state index contributed by atoms with van der Waals surface area (Å²) < 4.78 is 0. The van der Waals surface area contributed by atoms with E-state index in [1.807, 2.05) is 49.5 Å². The molecule has 0 saturated heterocycles. The topological polar surface area (TPSA) is 82.2 Å². The van der Waals surface area contributed by atoms with Crippen molar-refractivity contribution in [3.63, 3.8) is 0 Å². The van der Waals surface area contributed by atoms with Crippen LogP contribution in [0.15, 0.2) is 54.7 Å². The molecule has 5 nitrogen and oxygen atoms in total. The van der Waals surface area contributed by atoms with Crippen molar-refractivity contribution in [1.82, 2.24) is 10.3 Å². The Morgan fingerprint density at radius 3 is 2.58 bits per heavy atom. The average molecular weight is 350 g/mol. The number of aliphatic carboxylic acids is 1. The van der Waals surface area contributed by atoms with Crippen LogP contribution in [-0.2, 0) is 11.2 Å². The molecule has 0 aliphatic carbocycles. The van der Waals surface area contributed by atoms with Crippen LogP contribution in [0.4, 0.5) is 0 Å². The molecule has 0 saturated carbocycles. The molecule has 0 unspecified atom stereocenters. The Balaban J connectivity index is 1.59. The van der Waals surface area contributed by atoms with E-state index in [1.54, 1.807) is 12.1 Å². The summed E-state index contributed by atoms with van der Waals surface area (Å²) in [6, 6.07) is 14.3. The molecule has 3 aromatic rings. The highest BCUT2D eigenvalue weighted by molar-refractivity contribution is 5.98. The largest absolute Gasteiger partial charge is 0.480 e. The third-order valence-corrected chi connectivity index (χ3v) is 4.52. The van der Waals surface area contributed by atoms with Crippen LogP contribution < -0.4 is 5.32 Å². The summed E-state index contributed by atoms with van der Waals surface area (Å²) in [7, 11) is 0. The minimum absolute atomic E-state index is 0.0632. The van der Waals surface area contributed by atoms with E-state index in [0.29, 0.717) is 18.5 Å². The minimum Gasteiger partial charge on any atom is -0.480 e. The molecule has 0 fully saturated rings. The minimum atomic E-state index is -1.01. The molecule has 1 heterocycles. The summed E-state index contributed by atoms with van der Waals surface area (Å²) >= 11 is 0. The number of nitrogens with one attached hydrogen (secondary N) is 2. The van der Waals surface area contributed by atoms with Gasteiger partial charge in [-0.15, -0.1) is 0 Å². The lowest BCUT2D eigenvalue weighted by Gasteiger charge is -2.14. The second kappa shape index (κ2) is 7.97. The number of fused-ring (bicyclic) bond motifs is 1. The van der Waals surface area contributed by atoms with Gasteiger partial charge in [0.1, 0.15) is 6.04 Å². The van der Waals surface area contributed by atoms with E-state index in [-0.39, 0.29) is 12.2 Å². The molecule has 2 aromatic carbocycles. The van der Waals surface area contributed by atoms with Crippen LogP contribution in [-0.4, -0.2) is 34.4 Å². The zero-order chi connectivity index (χ0) is 18.5. The number of hydrogen-bond acceptors (Lipinski definition) is 3. The third-order valence-electron chi connectivity index (χ3n) is 4.52. The number of rotatable bonds is 8. The van der Waals surface area contributed by atoms with Crippen LogP contribution in [0.25, 0.3) is 10.9 Å². The second-order valence-corrected chi connectivity index (χ2v) is 6.45. The predicted octanol–water partition coefficient (Wildman–Crippen LogP) is 3.33. The van der Waals surface area contributed by atoms with Gasteiger partial charge in [-0.3, -0.25) is 9.59 Å². The number of H-pyrrole nitrogens is 1. The Bertz CT molecular complexity index is 912. The SMILES string of the molecule is Cc1ccc(C(=O)C[C@H](NCCc2c[nH]c3ccccc23)C(=O)O)cc1. The molecule has 26 heavy (non-hydrogen) atoms. The number of para-hydroxylation sites is 1. The number of aromatic nitrogens is 1. The van der Waals surface area contributed by atoms with Crippen molar-refractivity contribution in [2.24, 2.45) is 0 Å². The number of benzene rings is 2. The van der Waals surface area contributed by atoms with Crippen LogP contribution in [0.5, 0.6) is 0 Å². The lowest BCUT2D eigenvalue weighted by Crippen LogP contribution is -2.39. The first-order chi connectivity index (χ1) is 12.5. The molecule has 3 N–H and O–H groups in total. The maximum atomic E-state index is 12.3. The average Bonchev–Trinajstić information content (AvgIpc) is 3.04. The van der Waals surface area contributed by atoms with E-state index in [1.165, 1.54) is 0 Å². The van der Waals surface area contributed by atoms with E-state index < -0.39 is 12.0 Å². The summed E-state index contributed by atoms with van der Waals surface area (Å²) in [6.07, 6.45) is 2.57. The van der Waals surface area contributed by atoms with Crippen LogP contribution in [0.2, 0.25) is 0 Å². The molecule has 0 bridgehead atoms. The van der Waals surface area contributed by atoms with Crippen molar-refractivity contribution in [3.8, 4) is 0 Å². The molecule has 0 amide bonds. The van der Waals surface area contributed by atoms with Crippen LogP contribution >= 0.6 is 0 Å². The third kappa shape index (κ3) is 4.18. The van der Waals surface area contributed by atoms with Gasteiger partial charge < -0.3 is 15.4 Å². The summed E-state index contributed by atoms with van der Waals surface area (Å²) in [5.41, 5.74) is 3.79. The molecule has 0 spiro atoms. The van der Waals surface area contributed by atoms with Crippen molar-refractivity contribution in [2.45, 2.75) is 25.8 Å². The highest BCUT2D eigenvalue weighted by Crippen LogP contribution is 2.17. The Morgan fingerprint density at radius 1 is 1.12 bits per heavy atom. The van der Waals surface area contributed by atoms with Crippen molar-refractivity contribution in [3.05, 3.63) is 71.4 Å². The number of hydrogen-bond donors (Lipinski definition) is 3. The second-order valence-electron chi connectivity index (χ2n) is 6.45. The zero-order valence-corrected chi connectivity index (χ0v) is 14.7. The first kappa shape index (κ1) is 17.9. The summed E-state index contributed by atoms with van der Waals surface area (Å²) in [6.45, 7) is 2.43. The maximum absolute atomic E-state index is 12.3. The number of carboxylic acids is 1. The highest BCUT2D eigenvalue weighted by Gasteiger charge is 2.21. The molecule has 5 heteroatoms. The van der Waals surface area contributed by atoms with Gasteiger partial charge in [-0.05, 0) is 25.0 Å². The lowest BCUT2D eigenvalue weighted by molar-refractivity contribution is -0.139. The number of aryl methyl sites for hydroxylation is 1.